The van der Waals surface area contributed by atoms with Gasteiger partial charge in [-0.25, -0.2) is 53.9 Å². The lowest BCUT2D eigenvalue weighted by molar-refractivity contribution is 0.381. The molecule has 0 spiro atoms. The van der Waals surface area contributed by atoms with Crippen molar-refractivity contribution in [3.8, 4) is 44.8 Å². The van der Waals surface area contributed by atoms with Crippen molar-refractivity contribution < 1.29 is 43.9 Å². The van der Waals surface area contributed by atoms with Crippen molar-refractivity contribution in [1.82, 2.24) is 29.9 Å². The maximum absolute atomic E-state index is 15.7. The predicted molar refractivity (Wildman–Crippen MR) is 196 cm³/mol. The first-order valence-electron chi connectivity index (χ1n) is 17.0. The number of aromatic amines is 2. The van der Waals surface area contributed by atoms with E-state index in [1.165, 1.54) is 61.0 Å². The Balaban J connectivity index is 1.53. The standard InChI is InChI=1S/C42H18F10N6/c43-33-31(34(44)38(48)41(51)37(33)47)29-23-11-7-19(55-23)27(17-5-1-3-15-53-17)20-8-12-24(56-20)30(32-35(45)39(49)42(52)40(50)36(32)46)26-14-10-22(58-26)28(18-6-2-4-16-54-18)21-9-13-25(29)57-21/h1-16,55,58H. The Morgan fingerprint density at radius 2 is 0.603 bits per heavy atom. The van der Waals surface area contributed by atoms with Gasteiger partial charge in [-0.15, -0.1) is 0 Å². The SMILES string of the molecule is Fc1c(F)c(F)c(-c2c3nc(c(-c4ccccn4)c4ccc([nH]4)c(-c4c(F)c(F)c(F)c(F)c4F)c4nc(c(-c5ccccn5)c5ccc2[nH]5)C=C4)C=C3)c(F)c1F. The molecule has 58 heavy (non-hydrogen) atoms. The topological polar surface area (TPSA) is 83.1 Å². The quantitative estimate of drug-likeness (QED) is 0.106. The summed E-state index contributed by atoms with van der Waals surface area (Å²) in [6.07, 6.45) is 8.12. The third kappa shape index (κ3) is 5.58. The van der Waals surface area contributed by atoms with E-state index in [2.05, 4.69) is 29.9 Å². The number of rotatable bonds is 4. The van der Waals surface area contributed by atoms with Crippen LogP contribution >= 0.6 is 0 Å². The van der Waals surface area contributed by atoms with Crippen molar-refractivity contribution in [2.75, 3.05) is 0 Å². The molecule has 0 unspecified atom stereocenters. The summed E-state index contributed by atoms with van der Waals surface area (Å²) in [4.78, 5) is 23.9. The van der Waals surface area contributed by atoms with Crippen molar-refractivity contribution in [3.63, 3.8) is 0 Å². The van der Waals surface area contributed by atoms with E-state index in [-0.39, 0.29) is 67.4 Å². The molecule has 2 aromatic carbocycles. The summed E-state index contributed by atoms with van der Waals surface area (Å²) >= 11 is 0. The Hall–Kier alpha value is -7.36. The van der Waals surface area contributed by atoms with Crippen LogP contribution in [0.5, 0.6) is 0 Å². The molecule has 0 aliphatic carbocycles. The lowest BCUT2D eigenvalue weighted by atomic mass is 10.0. The summed E-state index contributed by atoms with van der Waals surface area (Å²) in [6.45, 7) is 0. The van der Waals surface area contributed by atoms with Crippen LogP contribution in [-0.4, -0.2) is 29.9 Å². The molecule has 16 heteroatoms. The number of H-pyrrole nitrogens is 2. The van der Waals surface area contributed by atoms with E-state index >= 15 is 17.6 Å². The Morgan fingerprint density at radius 3 is 0.914 bits per heavy atom. The maximum atomic E-state index is 15.7. The van der Waals surface area contributed by atoms with Crippen molar-refractivity contribution in [2.24, 2.45) is 0 Å². The molecule has 6 nitrogen and oxygen atoms in total. The van der Waals surface area contributed by atoms with Gasteiger partial charge >= 0.3 is 0 Å². The second-order valence-corrected chi connectivity index (χ2v) is 12.8. The molecule has 2 aliphatic heterocycles. The number of halogens is 10. The summed E-state index contributed by atoms with van der Waals surface area (Å²) in [7, 11) is 0. The van der Waals surface area contributed by atoms with Gasteiger partial charge in [0.05, 0.1) is 56.3 Å². The van der Waals surface area contributed by atoms with Gasteiger partial charge in [0.25, 0.3) is 0 Å². The smallest absolute Gasteiger partial charge is 0.200 e. The van der Waals surface area contributed by atoms with Gasteiger partial charge in [-0.1, -0.05) is 12.1 Å². The van der Waals surface area contributed by atoms with E-state index < -0.39 is 80.4 Å². The number of benzene rings is 2. The van der Waals surface area contributed by atoms with Gasteiger partial charge in [0.1, 0.15) is 0 Å². The summed E-state index contributed by atoms with van der Waals surface area (Å²) in [6, 6.07) is 14.9. The van der Waals surface area contributed by atoms with E-state index in [0.29, 0.717) is 0 Å². The number of fused-ring (bicyclic) bond motifs is 8. The molecule has 2 N–H and O–H groups in total. The van der Waals surface area contributed by atoms with E-state index in [4.69, 9.17) is 0 Å². The van der Waals surface area contributed by atoms with Crippen LogP contribution in [0, 0.1) is 58.2 Å². The Morgan fingerprint density at radius 1 is 0.310 bits per heavy atom. The molecule has 7 heterocycles. The van der Waals surface area contributed by atoms with Gasteiger partial charge in [0, 0.05) is 45.7 Å². The summed E-state index contributed by atoms with van der Waals surface area (Å²) in [5, 5.41) is 0. The molecule has 0 atom stereocenters. The zero-order chi connectivity index (χ0) is 40.6. The molecule has 8 bridgehead atoms. The molecular weight excluding hydrogens is 778 g/mol. The molecular formula is C42H18F10N6. The third-order valence-corrected chi connectivity index (χ3v) is 9.52. The molecule has 0 amide bonds. The number of hydrogen-bond acceptors (Lipinski definition) is 4. The van der Waals surface area contributed by atoms with E-state index in [1.807, 2.05) is 0 Å². The number of nitrogens with zero attached hydrogens (tertiary/aromatic N) is 4. The molecule has 2 aliphatic rings. The summed E-state index contributed by atoms with van der Waals surface area (Å²) < 4.78 is 151. The van der Waals surface area contributed by atoms with Crippen LogP contribution in [0.4, 0.5) is 43.9 Å². The average molecular weight is 797 g/mol. The highest BCUT2D eigenvalue weighted by atomic mass is 19.2. The van der Waals surface area contributed by atoms with Gasteiger partial charge < -0.3 is 9.97 Å². The van der Waals surface area contributed by atoms with Crippen LogP contribution in [0.2, 0.25) is 0 Å². The molecule has 0 saturated heterocycles. The van der Waals surface area contributed by atoms with Crippen molar-refractivity contribution in [3.05, 3.63) is 154 Å². The largest absolute Gasteiger partial charge is 0.354 e. The minimum absolute atomic E-state index is 0.0228. The monoisotopic (exact) mass is 796 g/mol. The molecule has 0 radical (unpaired) electrons. The number of pyridine rings is 2. The Labute approximate surface area is 318 Å². The van der Waals surface area contributed by atoms with Gasteiger partial charge in [-0.2, -0.15) is 0 Å². The Kier molecular flexibility index (Phi) is 8.56. The molecule has 5 aromatic heterocycles. The summed E-state index contributed by atoms with van der Waals surface area (Å²) in [5.41, 5.74) is -3.52. The molecule has 0 fully saturated rings. The third-order valence-electron chi connectivity index (χ3n) is 9.52. The van der Waals surface area contributed by atoms with Gasteiger partial charge in [-0.05, 0) is 72.8 Å². The van der Waals surface area contributed by atoms with Crippen LogP contribution in [0.15, 0.2) is 73.1 Å². The lowest BCUT2D eigenvalue weighted by Gasteiger charge is -2.10. The van der Waals surface area contributed by atoms with Crippen LogP contribution in [0.3, 0.4) is 0 Å². The first kappa shape index (κ1) is 36.3. The fourth-order valence-corrected chi connectivity index (χ4v) is 6.94. The highest BCUT2D eigenvalue weighted by Gasteiger charge is 2.31. The van der Waals surface area contributed by atoms with Crippen molar-refractivity contribution in [1.29, 1.82) is 0 Å². The minimum Gasteiger partial charge on any atom is -0.354 e. The Bertz CT molecular complexity index is 2850. The fourth-order valence-electron chi connectivity index (χ4n) is 6.94. The van der Waals surface area contributed by atoms with Crippen molar-refractivity contribution in [2.45, 2.75) is 0 Å². The first-order chi connectivity index (χ1) is 27.9. The van der Waals surface area contributed by atoms with Gasteiger partial charge in [-0.3, -0.25) is 9.97 Å². The molecule has 9 rings (SSSR count). The zero-order valence-electron chi connectivity index (χ0n) is 28.8. The van der Waals surface area contributed by atoms with Gasteiger partial charge in [0.2, 0.25) is 11.6 Å². The van der Waals surface area contributed by atoms with E-state index in [0.717, 1.165) is 0 Å². The lowest BCUT2D eigenvalue weighted by Crippen LogP contribution is -2.05. The molecule has 0 saturated carbocycles. The van der Waals surface area contributed by atoms with Gasteiger partial charge in [0.15, 0.2) is 46.5 Å². The van der Waals surface area contributed by atoms with Crippen LogP contribution < -0.4 is 0 Å². The van der Waals surface area contributed by atoms with Crippen LogP contribution in [-0.2, 0) is 0 Å². The number of hydrogen-bond donors (Lipinski definition) is 2. The first-order valence-corrected chi connectivity index (χ1v) is 17.0. The predicted octanol–water partition coefficient (Wildman–Crippen LogP) is 11.5. The molecule has 7 aromatic rings. The minimum atomic E-state index is -2.37. The highest BCUT2D eigenvalue weighted by molar-refractivity contribution is 5.99. The van der Waals surface area contributed by atoms with E-state index in [9.17, 15) is 26.3 Å². The zero-order valence-corrected chi connectivity index (χ0v) is 28.8. The molecule has 286 valence electrons. The number of nitrogens with one attached hydrogen (secondary N) is 2. The van der Waals surface area contributed by atoms with Crippen LogP contribution in [0.25, 0.3) is 91.1 Å². The number of aromatic nitrogens is 6. The normalized spacial score (nSPS) is 12.2. The highest BCUT2D eigenvalue weighted by Crippen LogP contribution is 2.41. The fraction of sp³-hybridized carbons (Fsp3) is 0. The van der Waals surface area contributed by atoms with Crippen LogP contribution in [0.1, 0.15) is 22.8 Å². The maximum Gasteiger partial charge on any atom is 0.200 e. The average Bonchev–Trinajstić information content (AvgIpc) is 4.09. The second kappa shape index (κ2) is 13.7. The van der Waals surface area contributed by atoms with Crippen molar-refractivity contribution >= 4 is 46.4 Å². The summed E-state index contributed by atoms with van der Waals surface area (Å²) in [5.74, 6) is -22.0. The van der Waals surface area contributed by atoms with E-state index in [1.54, 1.807) is 36.4 Å². The second-order valence-electron chi connectivity index (χ2n) is 12.8.